The molecule has 1 atom stereocenters. The van der Waals surface area contributed by atoms with Gasteiger partial charge in [-0.15, -0.1) is 0 Å². The molecule has 2 aromatic rings. The van der Waals surface area contributed by atoms with Crippen LogP contribution in [0.5, 0.6) is 0 Å². The third-order valence-electron chi connectivity index (χ3n) is 4.63. The first-order chi connectivity index (χ1) is 12.0. The molecule has 2 N–H and O–H groups in total. The van der Waals surface area contributed by atoms with Crippen molar-refractivity contribution in [3.8, 4) is 0 Å². The maximum absolute atomic E-state index is 12.3. The fraction of sp³-hybridized carbons (Fsp3) is 0.500. The lowest BCUT2D eigenvalue weighted by molar-refractivity contribution is -0.134. The third kappa shape index (κ3) is 3.51. The number of nitrogens with one attached hydrogen (secondary N) is 2. The number of amides is 2. The van der Waals surface area contributed by atoms with Crippen molar-refractivity contribution in [2.45, 2.75) is 38.9 Å². The summed E-state index contributed by atoms with van der Waals surface area (Å²) in [5.74, 6) is 0.694. The van der Waals surface area contributed by atoms with Crippen molar-refractivity contribution in [3.05, 3.63) is 30.1 Å². The number of carbonyl (C=O) groups excluding carboxylic acids is 2. The Morgan fingerprint density at radius 2 is 2.16 bits per heavy atom. The lowest BCUT2D eigenvalue weighted by Gasteiger charge is -2.34. The Kier molecular flexibility index (Phi) is 5.03. The SMILES string of the molecule is CNC(=O)CC1C(=O)NCCN1Cc1nc2ccccc2n1C(C)C. The molecule has 1 saturated heterocycles. The summed E-state index contributed by atoms with van der Waals surface area (Å²) in [4.78, 5) is 30.9. The van der Waals surface area contributed by atoms with Crippen molar-refractivity contribution in [3.63, 3.8) is 0 Å². The molecule has 1 fully saturated rings. The van der Waals surface area contributed by atoms with Crippen LogP contribution in [0.1, 0.15) is 32.1 Å². The van der Waals surface area contributed by atoms with Gasteiger partial charge in [0.2, 0.25) is 11.8 Å². The van der Waals surface area contributed by atoms with Gasteiger partial charge in [-0.1, -0.05) is 12.1 Å². The van der Waals surface area contributed by atoms with Gasteiger partial charge < -0.3 is 15.2 Å². The van der Waals surface area contributed by atoms with E-state index in [-0.39, 0.29) is 24.3 Å². The number of fused-ring (bicyclic) bond motifs is 1. The van der Waals surface area contributed by atoms with Crippen molar-refractivity contribution in [2.24, 2.45) is 0 Å². The number of para-hydroxylation sites is 2. The number of hydrogen-bond acceptors (Lipinski definition) is 4. The van der Waals surface area contributed by atoms with E-state index in [0.717, 1.165) is 16.9 Å². The van der Waals surface area contributed by atoms with Crippen LogP contribution >= 0.6 is 0 Å². The monoisotopic (exact) mass is 343 g/mol. The summed E-state index contributed by atoms with van der Waals surface area (Å²) in [7, 11) is 1.59. The molecule has 1 aromatic heterocycles. The molecule has 3 rings (SSSR count). The number of nitrogens with zero attached hydrogens (tertiary/aromatic N) is 3. The van der Waals surface area contributed by atoms with E-state index in [2.05, 4.69) is 35.1 Å². The summed E-state index contributed by atoms with van der Waals surface area (Å²) in [6, 6.07) is 7.86. The zero-order chi connectivity index (χ0) is 18.0. The molecule has 0 radical (unpaired) electrons. The first kappa shape index (κ1) is 17.4. The lowest BCUT2D eigenvalue weighted by Crippen LogP contribution is -2.56. The Bertz CT molecular complexity index is 783. The van der Waals surface area contributed by atoms with Gasteiger partial charge in [0.25, 0.3) is 0 Å². The maximum Gasteiger partial charge on any atom is 0.237 e. The smallest absolute Gasteiger partial charge is 0.237 e. The van der Waals surface area contributed by atoms with E-state index in [0.29, 0.717) is 19.6 Å². The number of carbonyl (C=O) groups is 2. The summed E-state index contributed by atoms with van der Waals surface area (Å²) in [5.41, 5.74) is 2.05. The molecule has 2 amide bonds. The minimum Gasteiger partial charge on any atom is -0.359 e. The van der Waals surface area contributed by atoms with Crippen molar-refractivity contribution < 1.29 is 9.59 Å². The first-order valence-electron chi connectivity index (χ1n) is 8.69. The van der Waals surface area contributed by atoms with Crippen molar-refractivity contribution in [1.82, 2.24) is 25.1 Å². The van der Waals surface area contributed by atoms with E-state index in [1.807, 2.05) is 23.1 Å². The number of piperazine rings is 1. The molecule has 0 spiro atoms. The van der Waals surface area contributed by atoms with Gasteiger partial charge in [0.15, 0.2) is 0 Å². The third-order valence-corrected chi connectivity index (χ3v) is 4.63. The minimum atomic E-state index is -0.464. The summed E-state index contributed by atoms with van der Waals surface area (Å²) >= 11 is 0. The Morgan fingerprint density at radius 3 is 2.88 bits per heavy atom. The van der Waals surface area contributed by atoms with Crippen molar-refractivity contribution in [1.29, 1.82) is 0 Å². The predicted octanol–water partition coefficient (Wildman–Crippen LogP) is 1.05. The van der Waals surface area contributed by atoms with E-state index in [9.17, 15) is 9.59 Å². The zero-order valence-corrected chi connectivity index (χ0v) is 15.0. The highest BCUT2D eigenvalue weighted by atomic mass is 16.2. The van der Waals surface area contributed by atoms with Crippen molar-refractivity contribution in [2.75, 3.05) is 20.1 Å². The fourth-order valence-corrected chi connectivity index (χ4v) is 3.41. The van der Waals surface area contributed by atoms with Gasteiger partial charge in [-0.2, -0.15) is 0 Å². The average molecular weight is 343 g/mol. The number of aromatic nitrogens is 2. The van der Waals surface area contributed by atoms with Crippen LogP contribution in [0.15, 0.2) is 24.3 Å². The predicted molar refractivity (Wildman–Crippen MR) is 96.0 cm³/mol. The summed E-state index contributed by atoms with van der Waals surface area (Å²) in [6.45, 7) is 6.09. The second kappa shape index (κ2) is 7.23. The molecule has 25 heavy (non-hydrogen) atoms. The van der Waals surface area contributed by atoms with Crippen LogP contribution in [0.25, 0.3) is 11.0 Å². The number of imidazole rings is 1. The van der Waals surface area contributed by atoms with Crippen LogP contribution < -0.4 is 10.6 Å². The Morgan fingerprint density at radius 1 is 1.40 bits per heavy atom. The molecule has 0 bridgehead atoms. The van der Waals surface area contributed by atoms with Gasteiger partial charge in [-0.25, -0.2) is 4.98 Å². The second-order valence-electron chi connectivity index (χ2n) is 6.64. The molecule has 2 heterocycles. The molecular weight excluding hydrogens is 318 g/mol. The van der Waals surface area contributed by atoms with Crippen LogP contribution in [0.3, 0.4) is 0 Å². The molecule has 1 aliphatic rings. The van der Waals surface area contributed by atoms with E-state index >= 15 is 0 Å². The molecule has 1 unspecified atom stereocenters. The second-order valence-corrected chi connectivity index (χ2v) is 6.64. The summed E-state index contributed by atoms with van der Waals surface area (Å²) in [5, 5.41) is 5.46. The van der Waals surface area contributed by atoms with Crippen LogP contribution in [0, 0.1) is 0 Å². The van der Waals surface area contributed by atoms with Gasteiger partial charge in [-0.3, -0.25) is 14.5 Å². The van der Waals surface area contributed by atoms with Gasteiger partial charge in [-0.05, 0) is 26.0 Å². The Balaban J connectivity index is 1.91. The molecule has 7 heteroatoms. The minimum absolute atomic E-state index is 0.0953. The molecule has 0 saturated carbocycles. The fourth-order valence-electron chi connectivity index (χ4n) is 3.41. The van der Waals surface area contributed by atoms with Crippen LogP contribution in [-0.4, -0.2) is 52.4 Å². The quantitative estimate of drug-likeness (QED) is 0.851. The standard InChI is InChI=1S/C18H25N5O2/c1-12(2)23-14-7-5-4-6-13(14)21-16(23)11-22-9-8-20-18(25)15(22)10-17(24)19-3/h4-7,12,15H,8-11H2,1-3H3,(H,19,24)(H,20,25). The van der Waals surface area contributed by atoms with E-state index in [1.165, 1.54) is 0 Å². The largest absolute Gasteiger partial charge is 0.359 e. The van der Waals surface area contributed by atoms with E-state index < -0.39 is 6.04 Å². The first-order valence-corrected chi connectivity index (χ1v) is 8.69. The Hall–Kier alpha value is -2.41. The zero-order valence-electron chi connectivity index (χ0n) is 15.0. The van der Waals surface area contributed by atoms with Gasteiger partial charge in [0.05, 0.1) is 30.0 Å². The number of benzene rings is 1. The highest BCUT2D eigenvalue weighted by Crippen LogP contribution is 2.23. The number of hydrogen-bond donors (Lipinski definition) is 2. The van der Waals surface area contributed by atoms with Crippen LogP contribution in [0.2, 0.25) is 0 Å². The highest BCUT2D eigenvalue weighted by molar-refractivity contribution is 5.88. The van der Waals surface area contributed by atoms with Gasteiger partial charge in [0.1, 0.15) is 5.82 Å². The topological polar surface area (TPSA) is 79.3 Å². The molecule has 0 aliphatic carbocycles. The highest BCUT2D eigenvalue weighted by Gasteiger charge is 2.32. The molecule has 1 aliphatic heterocycles. The summed E-state index contributed by atoms with van der Waals surface area (Å²) in [6.07, 6.45) is 0.157. The molecule has 1 aromatic carbocycles. The number of rotatable bonds is 5. The molecule has 7 nitrogen and oxygen atoms in total. The molecule has 134 valence electrons. The van der Waals surface area contributed by atoms with Crippen LogP contribution in [-0.2, 0) is 16.1 Å². The average Bonchev–Trinajstić information content (AvgIpc) is 2.95. The lowest BCUT2D eigenvalue weighted by atomic mass is 10.1. The normalized spacial score (nSPS) is 18.6. The Labute approximate surface area is 147 Å². The maximum atomic E-state index is 12.3. The van der Waals surface area contributed by atoms with Crippen LogP contribution in [0.4, 0.5) is 0 Å². The van der Waals surface area contributed by atoms with Gasteiger partial charge >= 0.3 is 0 Å². The van der Waals surface area contributed by atoms with Crippen molar-refractivity contribution >= 4 is 22.8 Å². The van der Waals surface area contributed by atoms with E-state index in [1.54, 1.807) is 7.05 Å². The summed E-state index contributed by atoms with van der Waals surface area (Å²) < 4.78 is 2.21. The van der Waals surface area contributed by atoms with Gasteiger partial charge in [0, 0.05) is 26.2 Å². The molecular formula is C18H25N5O2. The van der Waals surface area contributed by atoms with E-state index in [4.69, 9.17) is 4.98 Å².